The Morgan fingerprint density at radius 3 is 2.33 bits per heavy atom. The van der Waals surface area contributed by atoms with Crippen molar-refractivity contribution in [1.82, 2.24) is 0 Å². The van der Waals surface area contributed by atoms with Crippen molar-refractivity contribution >= 4 is 11.7 Å². The second-order valence-corrected chi connectivity index (χ2v) is 4.75. The third-order valence-electron chi connectivity index (χ3n) is 3.39. The Hall–Kier alpha value is -0.860. The first-order valence-electron chi connectivity index (χ1n) is 6.02. The Morgan fingerprint density at radius 1 is 1.07 bits per heavy atom. The molecule has 0 bridgehead atoms. The van der Waals surface area contributed by atoms with Gasteiger partial charge in [0, 0.05) is 5.92 Å². The van der Waals surface area contributed by atoms with E-state index in [1.165, 1.54) is 19.3 Å². The minimum atomic E-state index is -0.116. The Balaban J connectivity index is 1.77. The van der Waals surface area contributed by atoms with Gasteiger partial charge in [-0.15, -0.1) is 0 Å². The van der Waals surface area contributed by atoms with E-state index in [1.54, 1.807) is 0 Å². The van der Waals surface area contributed by atoms with E-state index in [9.17, 15) is 4.79 Å². The minimum absolute atomic E-state index is 0.106. The first-order valence-corrected chi connectivity index (χ1v) is 6.02. The zero-order valence-corrected chi connectivity index (χ0v) is 9.37. The van der Waals surface area contributed by atoms with E-state index in [4.69, 9.17) is 4.84 Å². The molecule has 2 fully saturated rings. The summed E-state index contributed by atoms with van der Waals surface area (Å²) in [6, 6.07) is 0. The van der Waals surface area contributed by atoms with Gasteiger partial charge in [-0.3, -0.25) is 0 Å². The van der Waals surface area contributed by atoms with Crippen LogP contribution in [0, 0.1) is 11.8 Å². The molecule has 84 valence electrons. The number of rotatable bonds is 3. The molecule has 0 aromatic carbocycles. The predicted molar refractivity (Wildman–Crippen MR) is 58.5 cm³/mol. The summed E-state index contributed by atoms with van der Waals surface area (Å²) in [7, 11) is 0. The van der Waals surface area contributed by atoms with Gasteiger partial charge >= 0.3 is 5.97 Å². The lowest BCUT2D eigenvalue weighted by atomic mass is 9.89. The van der Waals surface area contributed by atoms with Crippen LogP contribution in [0.2, 0.25) is 0 Å². The molecular formula is C12H19NO2. The highest BCUT2D eigenvalue weighted by Gasteiger charge is 2.26. The number of hydrogen-bond donors (Lipinski definition) is 0. The molecule has 2 aliphatic rings. The third-order valence-corrected chi connectivity index (χ3v) is 3.39. The molecule has 0 radical (unpaired) electrons. The monoisotopic (exact) mass is 209 g/mol. The van der Waals surface area contributed by atoms with Crippen molar-refractivity contribution in [2.45, 2.75) is 51.9 Å². The van der Waals surface area contributed by atoms with Gasteiger partial charge in [0.15, 0.2) is 0 Å². The molecule has 2 rings (SSSR count). The van der Waals surface area contributed by atoms with Crippen LogP contribution in [-0.2, 0) is 9.63 Å². The van der Waals surface area contributed by atoms with Crippen LogP contribution >= 0.6 is 0 Å². The summed E-state index contributed by atoms with van der Waals surface area (Å²) in [5, 5.41) is 3.93. The molecule has 0 aromatic rings. The zero-order valence-electron chi connectivity index (χ0n) is 9.37. The highest BCUT2D eigenvalue weighted by molar-refractivity contribution is 5.86. The minimum Gasteiger partial charge on any atom is -0.318 e. The van der Waals surface area contributed by atoms with Gasteiger partial charge in [-0.2, -0.15) is 0 Å². The largest absolute Gasteiger partial charge is 0.338 e. The average molecular weight is 209 g/mol. The molecule has 3 nitrogen and oxygen atoms in total. The molecule has 0 N–H and O–H groups in total. The zero-order chi connectivity index (χ0) is 10.7. The van der Waals surface area contributed by atoms with Crippen molar-refractivity contribution in [3.63, 3.8) is 0 Å². The Labute approximate surface area is 90.9 Å². The first kappa shape index (κ1) is 10.7. The van der Waals surface area contributed by atoms with E-state index in [1.807, 2.05) is 6.92 Å². The summed E-state index contributed by atoms with van der Waals surface area (Å²) in [5.74, 6) is 0.577. The topological polar surface area (TPSA) is 38.7 Å². The van der Waals surface area contributed by atoms with Crippen molar-refractivity contribution in [2.75, 3.05) is 0 Å². The molecule has 0 aromatic heterocycles. The molecule has 3 heteroatoms. The standard InChI is InChI=1S/C12H19NO2/c1-9(10-7-8-10)13-15-12(14)11-5-3-2-4-6-11/h10-11H,2-8H2,1H3/b13-9-. The van der Waals surface area contributed by atoms with Crippen LogP contribution in [0.1, 0.15) is 51.9 Å². The fourth-order valence-electron chi connectivity index (χ4n) is 2.11. The van der Waals surface area contributed by atoms with Crippen molar-refractivity contribution in [3.8, 4) is 0 Å². The molecule has 0 aliphatic heterocycles. The quantitative estimate of drug-likeness (QED) is 0.407. The van der Waals surface area contributed by atoms with Gasteiger partial charge in [0.2, 0.25) is 0 Å². The smallest absolute Gasteiger partial charge is 0.318 e. The normalized spacial score (nSPS) is 23.9. The maximum atomic E-state index is 11.6. The number of hydrogen-bond acceptors (Lipinski definition) is 3. The van der Waals surface area contributed by atoms with Crippen LogP contribution in [-0.4, -0.2) is 11.7 Å². The van der Waals surface area contributed by atoms with E-state index in [2.05, 4.69) is 5.16 Å². The van der Waals surface area contributed by atoms with E-state index >= 15 is 0 Å². The number of oxime groups is 1. The van der Waals surface area contributed by atoms with Gasteiger partial charge < -0.3 is 4.84 Å². The second-order valence-electron chi connectivity index (χ2n) is 4.75. The fourth-order valence-corrected chi connectivity index (χ4v) is 2.11. The number of nitrogens with zero attached hydrogens (tertiary/aromatic N) is 1. The lowest BCUT2D eigenvalue weighted by Gasteiger charge is -2.18. The van der Waals surface area contributed by atoms with Gasteiger partial charge in [-0.25, -0.2) is 4.79 Å². The summed E-state index contributed by atoms with van der Waals surface area (Å²) in [5.41, 5.74) is 0.985. The Kier molecular flexibility index (Phi) is 3.39. The lowest BCUT2D eigenvalue weighted by molar-refractivity contribution is -0.149. The fraction of sp³-hybridized carbons (Fsp3) is 0.833. The van der Waals surface area contributed by atoms with Crippen LogP contribution in [0.5, 0.6) is 0 Å². The highest BCUT2D eigenvalue weighted by atomic mass is 16.7. The maximum absolute atomic E-state index is 11.6. The third kappa shape index (κ3) is 3.05. The van der Waals surface area contributed by atoms with Gasteiger partial charge in [-0.05, 0) is 32.6 Å². The van der Waals surface area contributed by atoms with E-state index in [-0.39, 0.29) is 11.9 Å². The summed E-state index contributed by atoms with van der Waals surface area (Å²) in [6.07, 6.45) is 7.95. The van der Waals surface area contributed by atoms with Gasteiger partial charge in [0.25, 0.3) is 0 Å². The van der Waals surface area contributed by atoms with Crippen LogP contribution in [0.15, 0.2) is 5.16 Å². The molecule has 0 atom stereocenters. The lowest BCUT2D eigenvalue weighted by Crippen LogP contribution is -2.19. The molecule has 0 saturated heterocycles. The van der Waals surface area contributed by atoms with E-state index < -0.39 is 0 Å². The SMILES string of the molecule is C/C(=N/OC(=O)C1CCCCC1)C1CC1. The van der Waals surface area contributed by atoms with Gasteiger partial charge in [0.05, 0.1) is 11.6 Å². The average Bonchev–Trinajstić information content (AvgIpc) is 3.10. The first-order chi connectivity index (χ1) is 7.27. The summed E-state index contributed by atoms with van der Waals surface area (Å²) in [6.45, 7) is 1.95. The van der Waals surface area contributed by atoms with Crippen LogP contribution in [0.25, 0.3) is 0 Å². The van der Waals surface area contributed by atoms with Crippen LogP contribution in [0.4, 0.5) is 0 Å². The predicted octanol–water partition coefficient (Wildman–Crippen LogP) is 2.90. The molecule has 0 unspecified atom stereocenters. The number of carbonyl (C=O) groups excluding carboxylic acids is 1. The summed E-state index contributed by atoms with van der Waals surface area (Å²) >= 11 is 0. The van der Waals surface area contributed by atoms with E-state index in [0.717, 1.165) is 31.4 Å². The van der Waals surface area contributed by atoms with E-state index in [0.29, 0.717) is 5.92 Å². The van der Waals surface area contributed by atoms with Gasteiger partial charge in [-0.1, -0.05) is 24.4 Å². The summed E-state index contributed by atoms with van der Waals surface area (Å²) < 4.78 is 0. The molecule has 15 heavy (non-hydrogen) atoms. The maximum Gasteiger partial charge on any atom is 0.338 e. The molecule has 2 saturated carbocycles. The molecule has 0 spiro atoms. The molecule has 2 aliphatic carbocycles. The molecular weight excluding hydrogens is 190 g/mol. The highest BCUT2D eigenvalue weighted by Crippen LogP contribution is 2.30. The van der Waals surface area contributed by atoms with Crippen molar-refractivity contribution in [2.24, 2.45) is 17.0 Å². The van der Waals surface area contributed by atoms with Crippen molar-refractivity contribution in [3.05, 3.63) is 0 Å². The van der Waals surface area contributed by atoms with Crippen LogP contribution in [0.3, 0.4) is 0 Å². The van der Waals surface area contributed by atoms with Crippen molar-refractivity contribution in [1.29, 1.82) is 0 Å². The van der Waals surface area contributed by atoms with Gasteiger partial charge in [0.1, 0.15) is 0 Å². The van der Waals surface area contributed by atoms with Crippen molar-refractivity contribution < 1.29 is 9.63 Å². The molecule has 0 amide bonds. The molecule has 0 heterocycles. The summed E-state index contributed by atoms with van der Waals surface area (Å²) in [4.78, 5) is 16.6. The van der Waals surface area contributed by atoms with Crippen LogP contribution < -0.4 is 0 Å². The second kappa shape index (κ2) is 4.77. The Morgan fingerprint density at radius 2 is 1.73 bits per heavy atom. The number of carbonyl (C=O) groups is 1. The Bertz CT molecular complexity index is 263.